The summed E-state index contributed by atoms with van der Waals surface area (Å²) in [7, 11) is 0. The lowest BCUT2D eigenvalue weighted by Crippen LogP contribution is -2.31. The van der Waals surface area contributed by atoms with Crippen molar-refractivity contribution < 1.29 is 14.7 Å². The van der Waals surface area contributed by atoms with Crippen molar-refractivity contribution in [1.29, 1.82) is 0 Å². The van der Waals surface area contributed by atoms with Crippen LogP contribution in [0.25, 0.3) is 0 Å². The highest BCUT2D eigenvalue weighted by Crippen LogP contribution is 2.22. The Kier molecular flexibility index (Phi) is 4.89. The molecule has 7 heteroatoms. The molecule has 1 atom stereocenters. The molecule has 2 aromatic rings. The second-order valence-electron chi connectivity index (χ2n) is 4.49. The standard InChI is InChI=1S/C14H15N3O3S/c15-9-3-4-10(16-8-9)6-13(18)17-11(7-14(19)20)12-2-1-5-21-12/h1-5,8,11H,6-7,15H2,(H,17,18)(H,19,20). The third-order valence-electron chi connectivity index (χ3n) is 2.79. The lowest BCUT2D eigenvalue weighted by atomic mass is 10.1. The summed E-state index contributed by atoms with van der Waals surface area (Å²) in [4.78, 5) is 27.8. The first-order chi connectivity index (χ1) is 10.0. The maximum absolute atomic E-state index is 12.0. The van der Waals surface area contributed by atoms with Crippen molar-refractivity contribution in [2.45, 2.75) is 18.9 Å². The van der Waals surface area contributed by atoms with E-state index in [0.717, 1.165) is 4.88 Å². The first kappa shape index (κ1) is 15.0. The van der Waals surface area contributed by atoms with Crippen molar-refractivity contribution in [1.82, 2.24) is 10.3 Å². The number of hydrogen-bond acceptors (Lipinski definition) is 5. The molecule has 0 saturated carbocycles. The van der Waals surface area contributed by atoms with Crippen LogP contribution >= 0.6 is 11.3 Å². The molecule has 0 aliphatic rings. The summed E-state index contributed by atoms with van der Waals surface area (Å²) < 4.78 is 0. The second-order valence-corrected chi connectivity index (χ2v) is 5.47. The number of aliphatic carboxylic acids is 1. The van der Waals surface area contributed by atoms with Crippen LogP contribution in [0.5, 0.6) is 0 Å². The van der Waals surface area contributed by atoms with Gasteiger partial charge in [-0.1, -0.05) is 6.07 Å². The zero-order valence-electron chi connectivity index (χ0n) is 11.2. The van der Waals surface area contributed by atoms with E-state index in [1.807, 2.05) is 11.4 Å². The molecule has 2 rings (SSSR count). The number of nitrogen functional groups attached to an aromatic ring is 1. The summed E-state index contributed by atoms with van der Waals surface area (Å²) in [6.07, 6.45) is 1.42. The van der Waals surface area contributed by atoms with E-state index in [9.17, 15) is 9.59 Å². The number of anilines is 1. The van der Waals surface area contributed by atoms with Gasteiger partial charge in [-0.2, -0.15) is 0 Å². The van der Waals surface area contributed by atoms with Crippen LogP contribution in [0.3, 0.4) is 0 Å². The molecule has 0 radical (unpaired) electrons. The highest BCUT2D eigenvalue weighted by molar-refractivity contribution is 7.10. The predicted molar refractivity (Wildman–Crippen MR) is 79.8 cm³/mol. The van der Waals surface area contributed by atoms with E-state index in [4.69, 9.17) is 10.8 Å². The number of carboxylic acid groups (broad SMARTS) is 1. The van der Waals surface area contributed by atoms with Crippen LogP contribution in [0, 0.1) is 0 Å². The summed E-state index contributed by atoms with van der Waals surface area (Å²) in [5.41, 5.74) is 6.64. The van der Waals surface area contributed by atoms with Gasteiger partial charge in [0.25, 0.3) is 0 Å². The molecule has 0 aliphatic carbocycles. The molecule has 0 saturated heterocycles. The quantitative estimate of drug-likeness (QED) is 0.751. The highest BCUT2D eigenvalue weighted by Gasteiger charge is 2.19. The minimum Gasteiger partial charge on any atom is -0.481 e. The monoisotopic (exact) mass is 305 g/mol. The van der Waals surface area contributed by atoms with Gasteiger partial charge in [-0.05, 0) is 23.6 Å². The van der Waals surface area contributed by atoms with Crippen LogP contribution in [0.2, 0.25) is 0 Å². The van der Waals surface area contributed by atoms with E-state index in [1.165, 1.54) is 17.5 Å². The van der Waals surface area contributed by atoms with Crippen LogP contribution in [0.4, 0.5) is 5.69 Å². The molecule has 1 amide bonds. The highest BCUT2D eigenvalue weighted by atomic mass is 32.1. The van der Waals surface area contributed by atoms with Gasteiger partial charge in [0, 0.05) is 10.6 Å². The van der Waals surface area contributed by atoms with Gasteiger partial charge in [0.1, 0.15) is 0 Å². The van der Waals surface area contributed by atoms with Crippen LogP contribution < -0.4 is 11.1 Å². The number of carbonyl (C=O) groups is 2. The van der Waals surface area contributed by atoms with Crippen molar-refractivity contribution in [3.8, 4) is 0 Å². The third kappa shape index (κ3) is 4.57. The van der Waals surface area contributed by atoms with Crippen LogP contribution in [-0.2, 0) is 16.0 Å². The SMILES string of the molecule is Nc1ccc(CC(=O)NC(CC(=O)O)c2cccs2)nc1. The molecule has 110 valence electrons. The zero-order valence-corrected chi connectivity index (χ0v) is 12.0. The Hall–Kier alpha value is -2.41. The molecule has 2 heterocycles. The predicted octanol–water partition coefficient (Wildman–Crippen LogP) is 1.60. The minimum atomic E-state index is -0.959. The summed E-state index contributed by atoms with van der Waals surface area (Å²) in [6.45, 7) is 0. The summed E-state index contributed by atoms with van der Waals surface area (Å²) in [5, 5.41) is 13.5. The Bertz CT molecular complexity index is 611. The molecule has 0 spiro atoms. The Labute approximate surface area is 125 Å². The lowest BCUT2D eigenvalue weighted by Gasteiger charge is -2.15. The molecular formula is C14H15N3O3S. The van der Waals surface area contributed by atoms with Gasteiger partial charge in [-0.25, -0.2) is 0 Å². The number of nitrogens with one attached hydrogen (secondary N) is 1. The molecule has 0 aliphatic heterocycles. The molecule has 1 unspecified atom stereocenters. The fourth-order valence-electron chi connectivity index (χ4n) is 1.84. The molecule has 21 heavy (non-hydrogen) atoms. The first-order valence-corrected chi connectivity index (χ1v) is 7.17. The number of pyridine rings is 1. The van der Waals surface area contributed by atoms with Gasteiger partial charge < -0.3 is 16.2 Å². The average molecular weight is 305 g/mol. The molecule has 0 aromatic carbocycles. The van der Waals surface area contributed by atoms with Crippen LogP contribution in [0.1, 0.15) is 23.0 Å². The van der Waals surface area contributed by atoms with Crippen molar-refractivity contribution in [2.24, 2.45) is 0 Å². The van der Waals surface area contributed by atoms with E-state index in [2.05, 4.69) is 10.3 Å². The number of rotatable bonds is 6. The van der Waals surface area contributed by atoms with Gasteiger partial charge in [0.2, 0.25) is 5.91 Å². The molecule has 6 nitrogen and oxygen atoms in total. The number of carbonyl (C=O) groups excluding carboxylic acids is 1. The maximum atomic E-state index is 12.0. The molecular weight excluding hydrogens is 290 g/mol. The number of amides is 1. The fourth-order valence-corrected chi connectivity index (χ4v) is 2.62. The minimum absolute atomic E-state index is 0.0851. The second kappa shape index (κ2) is 6.85. The van der Waals surface area contributed by atoms with Gasteiger partial charge in [-0.15, -0.1) is 11.3 Å². The summed E-state index contributed by atoms with van der Waals surface area (Å²) in [6, 6.07) is 6.45. The van der Waals surface area contributed by atoms with E-state index >= 15 is 0 Å². The topological polar surface area (TPSA) is 105 Å². The number of hydrogen-bond donors (Lipinski definition) is 3. The molecule has 4 N–H and O–H groups in total. The Morgan fingerprint density at radius 1 is 1.38 bits per heavy atom. The lowest BCUT2D eigenvalue weighted by molar-refractivity contribution is -0.137. The van der Waals surface area contributed by atoms with Crippen molar-refractivity contribution in [3.05, 3.63) is 46.4 Å². The van der Waals surface area contributed by atoms with E-state index < -0.39 is 12.0 Å². The Morgan fingerprint density at radius 3 is 2.76 bits per heavy atom. The molecule has 0 fully saturated rings. The van der Waals surface area contributed by atoms with Gasteiger partial charge in [-0.3, -0.25) is 14.6 Å². The average Bonchev–Trinajstić information content (AvgIpc) is 2.94. The number of thiophene rings is 1. The normalized spacial score (nSPS) is 11.8. The summed E-state index contributed by atoms with van der Waals surface area (Å²) >= 11 is 1.41. The van der Waals surface area contributed by atoms with Crippen molar-refractivity contribution >= 4 is 28.9 Å². The van der Waals surface area contributed by atoms with E-state index in [0.29, 0.717) is 11.4 Å². The number of nitrogens with zero attached hydrogens (tertiary/aromatic N) is 1. The van der Waals surface area contributed by atoms with Crippen LogP contribution in [0.15, 0.2) is 35.8 Å². The van der Waals surface area contributed by atoms with Crippen molar-refractivity contribution in [2.75, 3.05) is 5.73 Å². The largest absolute Gasteiger partial charge is 0.481 e. The Morgan fingerprint density at radius 2 is 2.19 bits per heavy atom. The molecule has 0 bridgehead atoms. The van der Waals surface area contributed by atoms with Crippen LogP contribution in [-0.4, -0.2) is 22.0 Å². The molecule has 2 aromatic heterocycles. The van der Waals surface area contributed by atoms with Gasteiger partial charge in [0.15, 0.2) is 0 Å². The fraction of sp³-hybridized carbons (Fsp3) is 0.214. The number of aromatic nitrogens is 1. The van der Waals surface area contributed by atoms with Gasteiger partial charge >= 0.3 is 5.97 Å². The van der Waals surface area contributed by atoms with E-state index in [-0.39, 0.29) is 18.7 Å². The third-order valence-corrected chi connectivity index (χ3v) is 3.78. The summed E-state index contributed by atoms with van der Waals surface area (Å²) in [5.74, 6) is -1.23. The smallest absolute Gasteiger partial charge is 0.305 e. The maximum Gasteiger partial charge on any atom is 0.305 e. The van der Waals surface area contributed by atoms with Gasteiger partial charge in [0.05, 0.1) is 30.8 Å². The van der Waals surface area contributed by atoms with E-state index in [1.54, 1.807) is 18.2 Å². The number of nitrogens with two attached hydrogens (primary N) is 1. The van der Waals surface area contributed by atoms with Crippen molar-refractivity contribution in [3.63, 3.8) is 0 Å². The Balaban J connectivity index is 2.01. The zero-order chi connectivity index (χ0) is 15.2. The number of carboxylic acids is 1. The first-order valence-electron chi connectivity index (χ1n) is 6.29.